The van der Waals surface area contributed by atoms with Crippen LogP contribution in [-0.2, 0) is 0 Å². The second kappa shape index (κ2) is 7.84. The van der Waals surface area contributed by atoms with Gasteiger partial charge in [0.05, 0.1) is 10.6 Å². The minimum absolute atomic E-state index is 0.0357. The van der Waals surface area contributed by atoms with Crippen molar-refractivity contribution in [3.63, 3.8) is 0 Å². The molecule has 29 heavy (non-hydrogen) atoms. The van der Waals surface area contributed by atoms with Crippen molar-refractivity contribution in [3.05, 3.63) is 69.5 Å². The predicted octanol–water partition coefficient (Wildman–Crippen LogP) is 2.19. The van der Waals surface area contributed by atoms with E-state index in [1.54, 1.807) is 35.2 Å². The van der Waals surface area contributed by atoms with Crippen molar-refractivity contribution in [3.8, 4) is 5.69 Å². The Morgan fingerprint density at radius 2 is 1.90 bits per heavy atom. The van der Waals surface area contributed by atoms with E-state index in [4.69, 9.17) is 11.6 Å². The summed E-state index contributed by atoms with van der Waals surface area (Å²) < 4.78 is 1.48. The van der Waals surface area contributed by atoms with Crippen LogP contribution < -0.4 is 4.90 Å². The number of nitrogens with zero attached hydrogens (tertiary/aromatic N) is 7. The molecule has 0 radical (unpaired) electrons. The number of hydrogen-bond acceptors (Lipinski definition) is 7. The lowest BCUT2D eigenvalue weighted by Crippen LogP contribution is -2.49. The molecule has 0 saturated carbocycles. The van der Waals surface area contributed by atoms with Gasteiger partial charge in [-0.15, -0.1) is 5.10 Å². The van der Waals surface area contributed by atoms with Gasteiger partial charge in [0, 0.05) is 42.8 Å². The summed E-state index contributed by atoms with van der Waals surface area (Å²) in [4.78, 5) is 27.4. The molecule has 0 unspecified atom stereocenters. The van der Waals surface area contributed by atoms with Crippen molar-refractivity contribution >= 4 is 28.9 Å². The van der Waals surface area contributed by atoms with Gasteiger partial charge in [0.25, 0.3) is 11.6 Å². The smallest absolute Gasteiger partial charge is 0.294 e. The van der Waals surface area contributed by atoms with E-state index in [1.165, 1.54) is 17.1 Å². The highest BCUT2D eigenvalue weighted by Gasteiger charge is 2.26. The van der Waals surface area contributed by atoms with Gasteiger partial charge in [-0.05, 0) is 40.8 Å². The van der Waals surface area contributed by atoms with Crippen LogP contribution in [0.4, 0.5) is 11.4 Å². The van der Waals surface area contributed by atoms with Crippen LogP contribution in [0.15, 0.2) is 48.8 Å². The molecule has 0 bridgehead atoms. The van der Waals surface area contributed by atoms with Gasteiger partial charge in [0.2, 0.25) is 0 Å². The van der Waals surface area contributed by atoms with Crippen LogP contribution in [0, 0.1) is 10.1 Å². The first-order valence-corrected chi connectivity index (χ1v) is 9.22. The maximum atomic E-state index is 12.9. The molecule has 11 heteroatoms. The number of carbonyl (C=O) groups excluding carboxylic acids is 1. The van der Waals surface area contributed by atoms with Crippen molar-refractivity contribution in [2.24, 2.45) is 0 Å². The summed E-state index contributed by atoms with van der Waals surface area (Å²) in [7, 11) is 0. The Bertz CT molecular complexity index is 1050. The van der Waals surface area contributed by atoms with E-state index in [0.717, 1.165) is 0 Å². The fourth-order valence-electron chi connectivity index (χ4n) is 3.30. The molecule has 2 heterocycles. The molecule has 0 spiro atoms. The Morgan fingerprint density at radius 1 is 1.10 bits per heavy atom. The highest BCUT2D eigenvalue weighted by atomic mass is 35.5. The second-order valence-electron chi connectivity index (χ2n) is 6.47. The molecular formula is C18H16ClN7O3. The van der Waals surface area contributed by atoms with Crippen LogP contribution in [0.25, 0.3) is 5.69 Å². The first-order valence-electron chi connectivity index (χ1n) is 8.84. The van der Waals surface area contributed by atoms with E-state index in [2.05, 4.69) is 15.5 Å². The monoisotopic (exact) mass is 413 g/mol. The van der Waals surface area contributed by atoms with Crippen LogP contribution in [0.2, 0.25) is 5.02 Å². The van der Waals surface area contributed by atoms with Gasteiger partial charge >= 0.3 is 0 Å². The average molecular weight is 414 g/mol. The number of hydrogen-bond donors (Lipinski definition) is 0. The van der Waals surface area contributed by atoms with E-state index in [0.29, 0.717) is 48.1 Å². The van der Waals surface area contributed by atoms with Crippen LogP contribution in [0.5, 0.6) is 0 Å². The molecule has 3 aromatic rings. The van der Waals surface area contributed by atoms with Crippen LogP contribution in [0.3, 0.4) is 0 Å². The molecule has 0 atom stereocenters. The highest BCUT2D eigenvalue weighted by molar-refractivity contribution is 6.30. The number of halogens is 1. The number of piperazine rings is 1. The molecule has 1 saturated heterocycles. The third-order valence-electron chi connectivity index (χ3n) is 4.75. The van der Waals surface area contributed by atoms with Crippen LogP contribution in [0.1, 0.15) is 10.4 Å². The second-order valence-corrected chi connectivity index (χ2v) is 6.91. The topological polar surface area (TPSA) is 110 Å². The fourth-order valence-corrected chi connectivity index (χ4v) is 3.47. The maximum absolute atomic E-state index is 12.9. The summed E-state index contributed by atoms with van der Waals surface area (Å²) in [6.45, 7) is 1.88. The lowest BCUT2D eigenvalue weighted by Gasteiger charge is -2.35. The quantitative estimate of drug-likeness (QED) is 0.476. The zero-order valence-electron chi connectivity index (χ0n) is 15.2. The molecule has 2 aromatic carbocycles. The summed E-state index contributed by atoms with van der Waals surface area (Å²) in [6, 6.07) is 11.7. The molecule has 148 valence electrons. The zero-order valence-corrected chi connectivity index (χ0v) is 15.9. The zero-order chi connectivity index (χ0) is 20.4. The molecule has 1 fully saturated rings. The number of anilines is 1. The van der Waals surface area contributed by atoms with Gasteiger partial charge in [0.15, 0.2) is 0 Å². The van der Waals surface area contributed by atoms with Gasteiger partial charge < -0.3 is 9.80 Å². The summed E-state index contributed by atoms with van der Waals surface area (Å²) in [5.74, 6) is -0.106. The summed E-state index contributed by atoms with van der Waals surface area (Å²) in [6.07, 6.45) is 1.46. The number of carbonyl (C=O) groups is 1. The normalized spacial score (nSPS) is 14.1. The van der Waals surface area contributed by atoms with Crippen LogP contribution >= 0.6 is 11.6 Å². The molecule has 4 rings (SSSR count). The van der Waals surface area contributed by atoms with Gasteiger partial charge in [0.1, 0.15) is 12.0 Å². The number of nitro benzene ring substituents is 1. The number of nitro groups is 1. The van der Waals surface area contributed by atoms with Gasteiger partial charge in [-0.25, -0.2) is 4.68 Å². The first kappa shape index (κ1) is 18.8. The molecule has 1 aromatic heterocycles. The highest BCUT2D eigenvalue weighted by Crippen LogP contribution is 2.31. The first-order chi connectivity index (χ1) is 14.0. The Hall–Kier alpha value is -3.53. The van der Waals surface area contributed by atoms with E-state index >= 15 is 0 Å². The lowest BCUT2D eigenvalue weighted by molar-refractivity contribution is -0.384. The van der Waals surface area contributed by atoms with Crippen molar-refractivity contribution < 1.29 is 9.72 Å². The lowest BCUT2D eigenvalue weighted by atomic mass is 10.1. The van der Waals surface area contributed by atoms with E-state index in [9.17, 15) is 14.9 Å². The molecule has 1 aliphatic rings. The number of rotatable bonds is 4. The SMILES string of the molecule is O=C(c1cccc(-n2cnnn2)c1)N1CCN(c2ccc(Cl)cc2[N+](=O)[O-])CC1. The minimum atomic E-state index is -0.441. The van der Waals surface area contributed by atoms with Crippen molar-refractivity contribution in [2.45, 2.75) is 0 Å². The number of aromatic nitrogens is 4. The summed E-state index contributed by atoms with van der Waals surface area (Å²) >= 11 is 5.89. The predicted molar refractivity (Wildman–Crippen MR) is 105 cm³/mol. The van der Waals surface area contributed by atoms with Crippen molar-refractivity contribution in [1.29, 1.82) is 0 Å². The number of benzene rings is 2. The number of tetrazole rings is 1. The molecule has 1 amide bonds. The number of amides is 1. The largest absolute Gasteiger partial charge is 0.362 e. The molecular weight excluding hydrogens is 398 g/mol. The molecule has 0 aliphatic carbocycles. The Balaban J connectivity index is 1.47. The van der Waals surface area contributed by atoms with Gasteiger partial charge in [-0.1, -0.05) is 17.7 Å². The third kappa shape index (κ3) is 3.87. The Kier molecular flexibility index (Phi) is 5.09. The van der Waals surface area contributed by atoms with Gasteiger partial charge in [-0.2, -0.15) is 0 Å². The minimum Gasteiger partial charge on any atom is -0.362 e. The summed E-state index contributed by atoms with van der Waals surface area (Å²) in [5.41, 5.74) is 1.69. The summed E-state index contributed by atoms with van der Waals surface area (Å²) in [5, 5.41) is 22.7. The van der Waals surface area contributed by atoms with E-state index < -0.39 is 4.92 Å². The Labute approximate surface area is 170 Å². The molecule has 0 N–H and O–H groups in total. The van der Waals surface area contributed by atoms with E-state index in [1.807, 2.05) is 11.0 Å². The molecule has 1 aliphatic heterocycles. The standard InChI is InChI=1S/C18H16ClN7O3/c19-14-4-5-16(17(11-14)26(28)29)23-6-8-24(9-7-23)18(27)13-2-1-3-15(10-13)25-12-20-21-22-25/h1-5,10-12H,6-9H2. The fraction of sp³-hybridized carbons (Fsp3) is 0.222. The average Bonchev–Trinajstić information content (AvgIpc) is 3.28. The van der Waals surface area contributed by atoms with Crippen molar-refractivity contribution in [1.82, 2.24) is 25.1 Å². The van der Waals surface area contributed by atoms with E-state index in [-0.39, 0.29) is 11.6 Å². The molecule has 10 nitrogen and oxygen atoms in total. The van der Waals surface area contributed by atoms with Gasteiger partial charge in [-0.3, -0.25) is 14.9 Å². The Morgan fingerprint density at radius 3 is 2.59 bits per heavy atom. The van der Waals surface area contributed by atoms with Crippen molar-refractivity contribution in [2.75, 3.05) is 31.1 Å². The third-order valence-corrected chi connectivity index (χ3v) is 4.98. The maximum Gasteiger partial charge on any atom is 0.294 e. The van der Waals surface area contributed by atoms with Crippen LogP contribution in [-0.4, -0.2) is 62.1 Å².